The van der Waals surface area contributed by atoms with E-state index in [1.807, 2.05) is 36.4 Å². The Hall–Kier alpha value is -2.89. The van der Waals surface area contributed by atoms with Crippen molar-refractivity contribution in [1.82, 2.24) is 5.32 Å². The molecule has 2 aliphatic carbocycles. The second-order valence-electron chi connectivity index (χ2n) is 7.14. The molecular formula is C21H20FNO4. The third-order valence-corrected chi connectivity index (χ3v) is 5.49. The van der Waals surface area contributed by atoms with Gasteiger partial charge in [-0.05, 0) is 35.1 Å². The maximum Gasteiger partial charge on any atom is 0.407 e. The van der Waals surface area contributed by atoms with Crippen LogP contribution in [0, 0.1) is 5.92 Å². The van der Waals surface area contributed by atoms with E-state index in [2.05, 4.69) is 17.4 Å². The molecule has 1 saturated carbocycles. The molecule has 0 radical (unpaired) electrons. The Labute approximate surface area is 156 Å². The van der Waals surface area contributed by atoms with Crippen LogP contribution in [0.4, 0.5) is 9.18 Å². The Balaban J connectivity index is 1.34. The highest BCUT2D eigenvalue weighted by molar-refractivity contribution is 5.79. The second kappa shape index (κ2) is 7.02. The van der Waals surface area contributed by atoms with Crippen LogP contribution in [-0.4, -0.2) is 36.0 Å². The number of ether oxygens (including phenoxy) is 1. The smallest absolute Gasteiger partial charge is 0.407 e. The largest absolute Gasteiger partial charge is 0.479 e. The van der Waals surface area contributed by atoms with Crippen LogP contribution in [0.3, 0.4) is 0 Å². The van der Waals surface area contributed by atoms with Gasteiger partial charge in [-0.1, -0.05) is 48.5 Å². The van der Waals surface area contributed by atoms with Crippen molar-refractivity contribution in [3.63, 3.8) is 0 Å². The maximum atomic E-state index is 13.4. The van der Waals surface area contributed by atoms with Gasteiger partial charge in [0.15, 0.2) is 6.17 Å². The summed E-state index contributed by atoms with van der Waals surface area (Å²) in [6.45, 7) is 0.219. The highest BCUT2D eigenvalue weighted by atomic mass is 19.1. The van der Waals surface area contributed by atoms with Gasteiger partial charge < -0.3 is 15.2 Å². The fourth-order valence-corrected chi connectivity index (χ4v) is 4.03. The summed E-state index contributed by atoms with van der Waals surface area (Å²) in [5.74, 6) is -2.00. The summed E-state index contributed by atoms with van der Waals surface area (Å²) < 4.78 is 18.8. The van der Waals surface area contributed by atoms with Gasteiger partial charge in [0, 0.05) is 17.9 Å². The van der Waals surface area contributed by atoms with Crippen molar-refractivity contribution in [2.24, 2.45) is 5.92 Å². The zero-order valence-electron chi connectivity index (χ0n) is 14.6. The van der Waals surface area contributed by atoms with Crippen LogP contribution < -0.4 is 5.32 Å². The topological polar surface area (TPSA) is 75.6 Å². The summed E-state index contributed by atoms with van der Waals surface area (Å²) in [6, 6.07) is 15.9. The number of hydrogen-bond donors (Lipinski definition) is 2. The monoisotopic (exact) mass is 369 g/mol. The number of halogens is 1. The molecule has 27 heavy (non-hydrogen) atoms. The molecule has 6 heteroatoms. The standard InChI is InChI=1S/C21H20FNO4/c22-19(20(24)25)12-9-13(10-12)23-21(26)27-11-18-16-7-3-1-5-14(16)15-6-2-4-8-17(15)18/h1-8,12-13,18-19H,9-11H2,(H,23,26)(H,24,25). The molecule has 1 unspecified atom stereocenters. The van der Waals surface area contributed by atoms with E-state index >= 15 is 0 Å². The lowest BCUT2D eigenvalue weighted by atomic mass is 9.77. The van der Waals surface area contributed by atoms with E-state index in [1.165, 1.54) is 0 Å². The number of carbonyl (C=O) groups excluding carboxylic acids is 1. The normalized spacial score (nSPS) is 21.5. The van der Waals surface area contributed by atoms with Crippen LogP contribution in [0.2, 0.25) is 0 Å². The lowest BCUT2D eigenvalue weighted by Crippen LogP contribution is -2.48. The van der Waals surface area contributed by atoms with Crippen LogP contribution in [0.15, 0.2) is 48.5 Å². The number of fused-ring (bicyclic) bond motifs is 3. The van der Waals surface area contributed by atoms with Crippen LogP contribution in [0.1, 0.15) is 29.9 Å². The molecule has 140 valence electrons. The van der Waals surface area contributed by atoms with Gasteiger partial charge >= 0.3 is 12.1 Å². The number of nitrogens with one attached hydrogen (secondary N) is 1. The van der Waals surface area contributed by atoms with Crippen molar-refractivity contribution in [3.8, 4) is 11.1 Å². The number of amides is 1. The van der Waals surface area contributed by atoms with E-state index < -0.39 is 24.2 Å². The van der Waals surface area contributed by atoms with Crippen molar-refractivity contribution >= 4 is 12.1 Å². The molecule has 2 aliphatic rings. The van der Waals surface area contributed by atoms with Crippen molar-refractivity contribution in [3.05, 3.63) is 59.7 Å². The van der Waals surface area contributed by atoms with Gasteiger partial charge in [-0.25, -0.2) is 14.0 Å². The van der Waals surface area contributed by atoms with Gasteiger partial charge in [0.1, 0.15) is 6.61 Å². The molecule has 2 N–H and O–H groups in total. The van der Waals surface area contributed by atoms with Crippen LogP contribution >= 0.6 is 0 Å². The third kappa shape index (κ3) is 3.27. The third-order valence-electron chi connectivity index (χ3n) is 5.49. The summed E-state index contributed by atoms with van der Waals surface area (Å²) in [7, 11) is 0. The number of rotatable bonds is 5. The SMILES string of the molecule is O=C(NC1CC(C(F)C(=O)O)C1)OCC1c2ccccc2-c2ccccc21. The van der Waals surface area contributed by atoms with Gasteiger partial charge in [-0.2, -0.15) is 0 Å². The van der Waals surface area contributed by atoms with Crippen molar-refractivity contribution < 1.29 is 23.8 Å². The maximum absolute atomic E-state index is 13.4. The number of benzene rings is 2. The minimum absolute atomic E-state index is 0.0143. The van der Waals surface area contributed by atoms with Gasteiger partial charge in [-0.3, -0.25) is 0 Å². The summed E-state index contributed by atoms with van der Waals surface area (Å²) in [5, 5.41) is 11.4. The molecule has 0 aromatic heterocycles. The number of alkyl carbamates (subject to hydrolysis) is 1. The number of carboxylic acids is 1. The molecular weight excluding hydrogens is 349 g/mol. The van der Waals surface area contributed by atoms with Gasteiger partial charge in [0.2, 0.25) is 0 Å². The molecule has 1 atom stereocenters. The van der Waals surface area contributed by atoms with E-state index in [0.29, 0.717) is 12.8 Å². The van der Waals surface area contributed by atoms with E-state index in [0.717, 1.165) is 22.3 Å². The second-order valence-corrected chi connectivity index (χ2v) is 7.14. The Kier molecular flexibility index (Phi) is 4.56. The van der Waals surface area contributed by atoms with Crippen LogP contribution in [0.25, 0.3) is 11.1 Å². The molecule has 0 spiro atoms. The number of hydrogen-bond acceptors (Lipinski definition) is 3. The lowest BCUT2D eigenvalue weighted by molar-refractivity contribution is -0.146. The van der Waals surface area contributed by atoms with Gasteiger partial charge in [0.25, 0.3) is 0 Å². The van der Waals surface area contributed by atoms with Crippen LogP contribution in [0.5, 0.6) is 0 Å². The van der Waals surface area contributed by atoms with E-state index in [9.17, 15) is 14.0 Å². The van der Waals surface area contributed by atoms with Crippen LogP contribution in [-0.2, 0) is 9.53 Å². The van der Waals surface area contributed by atoms with E-state index in [4.69, 9.17) is 9.84 Å². The molecule has 1 amide bonds. The minimum Gasteiger partial charge on any atom is -0.479 e. The summed E-state index contributed by atoms with van der Waals surface area (Å²) in [4.78, 5) is 22.7. The number of aliphatic carboxylic acids is 1. The average Bonchev–Trinajstić information content (AvgIpc) is 2.96. The minimum atomic E-state index is -1.87. The summed E-state index contributed by atoms with van der Waals surface area (Å²) in [5.41, 5.74) is 4.59. The van der Waals surface area contributed by atoms with Crippen molar-refractivity contribution in [2.75, 3.05) is 6.61 Å². The lowest BCUT2D eigenvalue weighted by Gasteiger charge is -2.36. The zero-order chi connectivity index (χ0) is 19.0. The van der Waals surface area contributed by atoms with Gasteiger partial charge in [-0.15, -0.1) is 0 Å². The number of carbonyl (C=O) groups is 2. The van der Waals surface area contributed by atoms with Crippen molar-refractivity contribution in [2.45, 2.75) is 31.0 Å². The van der Waals surface area contributed by atoms with E-state index in [-0.39, 0.29) is 18.6 Å². The first-order valence-electron chi connectivity index (χ1n) is 9.03. The molecule has 2 aromatic rings. The Morgan fingerprint density at radius 1 is 1.07 bits per heavy atom. The molecule has 0 bridgehead atoms. The van der Waals surface area contributed by atoms with E-state index in [1.54, 1.807) is 0 Å². The number of alkyl halides is 1. The van der Waals surface area contributed by atoms with Gasteiger partial charge in [0.05, 0.1) is 0 Å². The molecule has 1 fully saturated rings. The summed E-state index contributed by atoms with van der Waals surface area (Å²) in [6.07, 6.45) is -1.79. The molecule has 2 aromatic carbocycles. The summed E-state index contributed by atoms with van der Waals surface area (Å²) >= 11 is 0. The Morgan fingerprint density at radius 2 is 1.63 bits per heavy atom. The highest BCUT2D eigenvalue weighted by Crippen LogP contribution is 2.44. The first kappa shape index (κ1) is 17.5. The average molecular weight is 369 g/mol. The zero-order valence-corrected chi connectivity index (χ0v) is 14.6. The first-order valence-corrected chi connectivity index (χ1v) is 9.03. The number of carboxylic acid groups (broad SMARTS) is 1. The Morgan fingerprint density at radius 3 is 2.19 bits per heavy atom. The fourth-order valence-electron chi connectivity index (χ4n) is 4.03. The molecule has 5 nitrogen and oxygen atoms in total. The molecule has 0 aliphatic heterocycles. The quantitative estimate of drug-likeness (QED) is 0.842. The molecule has 0 saturated heterocycles. The predicted octanol–water partition coefficient (Wildman–Crippen LogP) is 3.73. The molecule has 0 heterocycles. The van der Waals surface area contributed by atoms with Crippen molar-refractivity contribution in [1.29, 1.82) is 0 Å². The molecule has 4 rings (SSSR count). The highest BCUT2D eigenvalue weighted by Gasteiger charge is 2.40. The Bertz CT molecular complexity index is 832. The first-order chi connectivity index (χ1) is 13.0. The predicted molar refractivity (Wildman–Crippen MR) is 97.2 cm³/mol. The fraction of sp³-hybridized carbons (Fsp3) is 0.333.